The van der Waals surface area contributed by atoms with E-state index in [2.05, 4.69) is 0 Å². The molecule has 1 aromatic carbocycles. The molecule has 6 nitrogen and oxygen atoms in total. The topological polar surface area (TPSA) is 68.2 Å². The van der Waals surface area contributed by atoms with Crippen LogP contribution < -0.4 is 9.47 Å². The second kappa shape index (κ2) is 6.84. The van der Waals surface area contributed by atoms with Crippen LogP contribution in [-0.4, -0.2) is 54.1 Å². The van der Waals surface area contributed by atoms with Gasteiger partial charge in [0, 0.05) is 26.1 Å². The van der Waals surface area contributed by atoms with Crippen LogP contribution >= 0.6 is 0 Å². The SMILES string of the molecule is O=C(CCc1ccc2c(c1)OCO2)N1CCC2(CC1)OCCC[C@H]2O. The van der Waals surface area contributed by atoms with E-state index in [1.165, 1.54) is 0 Å². The van der Waals surface area contributed by atoms with Crippen LogP contribution in [0.5, 0.6) is 11.5 Å². The van der Waals surface area contributed by atoms with E-state index >= 15 is 0 Å². The molecule has 6 heteroatoms. The lowest BCUT2D eigenvalue weighted by molar-refractivity contribution is -0.179. The van der Waals surface area contributed by atoms with E-state index in [0.717, 1.165) is 49.4 Å². The van der Waals surface area contributed by atoms with Crippen LogP contribution in [0.25, 0.3) is 0 Å². The molecule has 25 heavy (non-hydrogen) atoms. The number of aliphatic hydroxyl groups excluding tert-OH is 1. The number of aryl methyl sites for hydroxylation is 1. The van der Waals surface area contributed by atoms with Crippen LogP contribution in [0.4, 0.5) is 0 Å². The Morgan fingerprint density at radius 3 is 2.84 bits per heavy atom. The van der Waals surface area contributed by atoms with Crippen LogP contribution in [0.1, 0.15) is 37.7 Å². The molecule has 3 aliphatic heterocycles. The number of aliphatic hydroxyl groups is 1. The first kappa shape index (κ1) is 16.7. The van der Waals surface area contributed by atoms with Crippen LogP contribution in [0.15, 0.2) is 18.2 Å². The molecule has 1 amide bonds. The largest absolute Gasteiger partial charge is 0.454 e. The Labute approximate surface area is 147 Å². The number of piperidine rings is 1. The van der Waals surface area contributed by atoms with Gasteiger partial charge in [0.25, 0.3) is 0 Å². The summed E-state index contributed by atoms with van der Waals surface area (Å²) in [5.74, 6) is 1.69. The zero-order valence-corrected chi connectivity index (χ0v) is 14.4. The Morgan fingerprint density at radius 1 is 1.24 bits per heavy atom. The fourth-order valence-corrected chi connectivity index (χ4v) is 4.03. The van der Waals surface area contributed by atoms with Crippen molar-refractivity contribution in [1.29, 1.82) is 0 Å². The first-order valence-electron chi connectivity index (χ1n) is 9.15. The number of hydrogen-bond acceptors (Lipinski definition) is 5. The van der Waals surface area contributed by atoms with Gasteiger partial charge in [-0.05, 0) is 49.8 Å². The van der Waals surface area contributed by atoms with Gasteiger partial charge in [-0.25, -0.2) is 0 Å². The summed E-state index contributed by atoms with van der Waals surface area (Å²) in [5, 5.41) is 10.3. The quantitative estimate of drug-likeness (QED) is 0.904. The number of nitrogens with zero attached hydrogens (tertiary/aromatic N) is 1. The van der Waals surface area contributed by atoms with Gasteiger partial charge in [-0.2, -0.15) is 0 Å². The molecule has 0 unspecified atom stereocenters. The molecule has 1 spiro atoms. The fraction of sp³-hybridized carbons (Fsp3) is 0.632. The van der Waals surface area contributed by atoms with Crippen molar-refractivity contribution in [1.82, 2.24) is 4.90 Å². The van der Waals surface area contributed by atoms with Crippen molar-refractivity contribution < 1.29 is 24.1 Å². The number of rotatable bonds is 3. The minimum atomic E-state index is -0.424. The lowest BCUT2D eigenvalue weighted by Gasteiger charge is -2.46. The Hall–Kier alpha value is -1.79. The average molecular weight is 347 g/mol. The number of benzene rings is 1. The van der Waals surface area contributed by atoms with Crippen molar-refractivity contribution in [2.75, 3.05) is 26.5 Å². The third-order valence-corrected chi connectivity index (χ3v) is 5.65. The predicted molar refractivity (Wildman–Crippen MR) is 90.6 cm³/mol. The van der Waals surface area contributed by atoms with Crippen molar-refractivity contribution in [3.05, 3.63) is 23.8 Å². The van der Waals surface area contributed by atoms with E-state index in [9.17, 15) is 9.90 Å². The highest BCUT2D eigenvalue weighted by Crippen LogP contribution is 2.36. The summed E-state index contributed by atoms with van der Waals surface area (Å²) in [5.41, 5.74) is 0.656. The van der Waals surface area contributed by atoms with Crippen molar-refractivity contribution in [2.24, 2.45) is 0 Å². The molecule has 136 valence electrons. The second-order valence-electron chi connectivity index (χ2n) is 7.14. The molecule has 0 saturated carbocycles. The third-order valence-electron chi connectivity index (χ3n) is 5.65. The van der Waals surface area contributed by atoms with Gasteiger partial charge in [-0.15, -0.1) is 0 Å². The summed E-state index contributed by atoms with van der Waals surface area (Å²) in [7, 11) is 0. The van der Waals surface area contributed by atoms with Crippen molar-refractivity contribution >= 4 is 5.91 Å². The summed E-state index contributed by atoms with van der Waals surface area (Å²) in [6.45, 7) is 2.31. The van der Waals surface area contributed by atoms with Gasteiger partial charge >= 0.3 is 0 Å². The molecule has 2 saturated heterocycles. The molecule has 0 aliphatic carbocycles. The number of carbonyl (C=O) groups is 1. The normalized spacial score (nSPS) is 24.5. The maximum Gasteiger partial charge on any atom is 0.231 e. The Kier molecular flexibility index (Phi) is 4.56. The molecule has 1 atom stereocenters. The molecule has 2 fully saturated rings. The van der Waals surface area contributed by atoms with Crippen LogP contribution in [-0.2, 0) is 16.0 Å². The first-order chi connectivity index (χ1) is 12.2. The smallest absolute Gasteiger partial charge is 0.231 e. The molecule has 4 rings (SSSR count). The molecule has 1 N–H and O–H groups in total. The van der Waals surface area contributed by atoms with Crippen LogP contribution in [0.3, 0.4) is 0 Å². The van der Waals surface area contributed by atoms with Gasteiger partial charge in [0.2, 0.25) is 12.7 Å². The molecule has 3 heterocycles. The lowest BCUT2D eigenvalue weighted by Crippen LogP contribution is -2.56. The molecule has 3 aliphatic rings. The maximum atomic E-state index is 12.5. The summed E-state index contributed by atoms with van der Waals surface area (Å²) < 4.78 is 16.6. The van der Waals surface area contributed by atoms with Crippen molar-refractivity contribution in [3.8, 4) is 11.5 Å². The molecule has 0 radical (unpaired) electrons. The van der Waals surface area contributed by atoms with E-state index in [1.54, 1.807) is 0 Å². The van der Waals surface area contributed by atoms with Crippen LogP contribution in [0.2, 0.25) is 0 Å². The maximum absolute atomic E-state index is 12.5. The van der Waals surface area contributed by atoms with Crippen LogP contribution in [0, 0.1) is 0 Å². The van der Waals surface area contributed by atoms with E-state index in [4.69, 9.17) is 14.2 Å². The van der Waals surface area contributed by atoms with Gasteiger partial charge in [-0.1, -0.05) is 6.07 Å². The average Bonchev–Trinajstić information content (AvgIpc) is 3.11. The molecule has 0 aromatic heterocycles. The highest BCUT2D eigenvalue weighted by atomic mass is 16.7. The van der Waals surface area contributed by atoms with Gasteiger partial charge in [-0.3, -0.25) is 4.79 Å². The van der Waals surface area contributed by atoms with Gasteiger partial charge < -0.3 is 24.2 Å². The summed E-state index contributed by atoms with van der Waals surface area (Å²) in [4.78, 5) is 14.4. The second-order valence-corrected chi connectivity index (χ2v) is 7.14. The van der Waals surface area contributed by atoms with Crippen molar-refractivity contribution in [2.45, 2.75) is 50.2 Å². The minimum Gasteiger partial charge on any atom is -0.454 e. The van der Waals surface area contributed by atoms with E-state index in [0.29, 0.717) is 25.9 Å². The number of ether oxygens (including phenoxy) is 3. The number of carbonyl (C=O) groups excluding carboxylic acids is 1. The Morgan fingerprint density at radius 2 is 2.04 bits per heavy atom. The molecule has 0 bridgehead atoms. The molecule has 1 aromatic rings. The van der Waals surface area contributed by atoms with E-state index in [-0.39, 0.29) is 12.7 Å². The zero-order valence-electron chi connectivity index (χ0n) is 14.4. The number of amides is 1. The van der Waals surface area contributed by atoms with Gasteiger partial charge in [0.1, 0.15) is 0 Å². The Balaban J connectivity index is 1.29. The van der Waals surface area contributed by atoms with Crippen molar-refractivity contribution in [3.63, 3.8) is 0 Å². The number of hydrogen-bond donors (Lipinski definition) is 1. The molecular weight excluding hydrogens is 322 g/mol. The third kappa shape index (κ3) is 3.33. The van der Waals surface area contributed by atoms with Gasteiger partial charge in [0.15, 0.2) is 11.5 Å². The highest BCUT2D eigenvalue weighted by molar-refractivity contribution is 5.76. The highest BCUT2D eigenvalue weighted by Gasteiger charge is 2.44. The summed E-state index contributed by atoms with van der Waals surface area (Å²) >= 11 is 0. The lowest BCUT2D eigenvalue weighted by atomic mass is 9.82. The standard InChI is InChI=1S/C19H25NO5/c21-17-2-1-11-25-19(17)7-9-20(10-8-19)18(22)6-4-14-3-5-15-16(12-14)24-13-23-15/h3,5,12,17,21H,1-2,4,6-11,13H2/t17-/m1/s1. The fourth-order valence-electron chi connectivity index (χ4n) is 4.03. The van der Waals surface area contributed by atoms with E-state index < -0.39 is 11.7 Å². The number of fused-ring (bicyclic) bond motifs is 1. The summed E-state index contributed by atoms with van der Waals surface area (Å²) in [6.07, 6.45) is 3.95. The monoisotopic (exact) mass is 347 g/mol. The zero-order chi connectivity index (χ0) is 17.3. The minimum absolute atomic E-state index is 0.165. The van der Waals surface area contributed by atoms with E-state index in [1.807, 2.05) is 23.1 Å². The number of likely N-dealkylation sites (tertiary alicyclic amines) is 1. The molecular formula is C19H25NO5. The van der Waals surface area contributed by atoms with Gasteiger partial charge in [0.05, 0.1) is 11.7 Å². The first-order valence-corrected chi connectivity index (χ1v) is 9.15. The predicted octanol–water partition coefficient (Wildman–Crippen LogP) is 1.88. The Bertz CT molecular complexity index is 639. The summed E-state index contributed by atoms with van der Waals surface area (Å²) in [6, 6.07) is 5.83.